The molecule has 2 saturated carbocycles. The maximum Gasteiger partial charge on any atom is 0.0105 e. The fraction of sp³-hybridized carbons (Fsp3) is 1.00. The number of rotatable bonds is 5. The van der Waals surface area contributed by atoms with Crippen LogP contribution in [0.15, 0.2) is 0 Å². The van der Waals surface area contributed by atoms with E-state index in [0.717, 1.165) is 35.8 Å². The van der Waals surface area contributed by atoms with E-state index in [4.69, 9.17) is 0 Å². The predicted molar refractivity (Wildman–Crippen MR) is 92.6 cm³/mol. The van der Waals surface area contributed by atoms with Gasteiger partial charge in [-0.1, -0.05) is 20.8 Å². The van der Waals surface area contributed by atoms with Gasteiger partial charge in [-0.2, -0.15) is 0 Å². The highest BCUT2D eigenvalue weighted by atomic mass is 15.1. The highest BCUT2D eigenvalue weighted by Gasteiger charge is 2.33. The van der Waals surface area contributed by atoms with Gasteiger partial charge in [-0.05, 0) is 82.7 Å². The molecule has 2 rings (SSSR count). The van der Waals surface area contributed by atoms with Gasteiger partial charge in [0.15, 0.2) is 0 Å². The summed E-state index contributed by atoms with van der Waals surface area (Å²) >= 11 is 0. The Morgan fingerprint density at radius 2 is 1.71 bits per heavy atom. The molecule has 0 amide bonds. The molecule has 2 nitrogen and oxygen atoms in total. The molecule has 0 saturated heterocycles. The molecule has 0 radical (unpaired) electrons. The molecule has 3 atom stereocenters. The summed E-state index contributed by atoms with van der Waals surface area (Å²) in [6.45, 7) is 8.54. The van der Waals surface area contributed by atoms with Crippen LogP contribution in [0.1, 0.15) is 65.7 Å². The molecule has 2 heteroatoms. The van der Waals surface area contributed by atoms with E-state index in [1.165, 1.54) is 51.5 Å². The summed E-state index contributed by atoms with van der Waals surface area (Å²) in [7, 11) is 4.54. The van der Waals surface area contributed by atoms with Crippen molar-refractivity contribution in [3.63, 3.8) is 0 Å². The van der Waals surface area contributed by atoms with Crippen LogP contribution < -0.4 is 5.32 Å². The molecular formula is C19H38N2. The fourth-order valence-electron chi connectivity index (χ4n) is 4.69. The maximum atomic E-state index is 3.60. The van der Waals surface area contributed by atoms with Gasteiger partial charge in [-0.3, -0.25) is 0 Å². The summed E-state index contributed by atoms with van der Waals surface area (Å²) in [5, 5.41) is 3.60. The molecule has 21 heavy (non-hydrogen) atoms. The molecule has 1 N–H and O–H groups in total. The van der Waals surface area contributed by atoms with Crippen molar-refractivity contribution in [3.8, 4) is 0 Å². The lowest BCUT2D eigenvalue weighted by Gasteiger charge is -2.42. The van der Waals surface area contributed by atoms with E-state index >= 15 is 0 Å². The van der Waals surface area contributed by atoms with Gasteiger partial charge >= 0.3 is 0 Å². The Morgan fingerprint density at radius 3 is 2.29 bits per heavy atom. The maximum absolute atomic E-state index is 3.60. The van der Waals surface area contributed by atoms with Crippen LogP contribution in [0, 0.1) is 23.7 Å². The van der Waals surface area contributed by atoms with Gasteiger partial charge in [0.2, 0.25) is 0 Å². The minimum Gasteiger partial charge on any atom is -0.317 e. The number of nitrogens with zero attached hydrogens (tertiary/aromatic N) is 1. The zero-order valence-corrected chi connectivity index (χ0v) is 15.1. The van der Waals surface area contributed by atoms with E-state index in [1.807, 2.05) is 0 Å². The quantitative estimate of drug-likeness (QED) is 0.819. The first kappa shape index (κ1) is 17.3. The Kier molecular flexibility index (Phi) is 6.55. The SMILES string of the molecule is CNC1CCC(C(C)C)CC1CN(C)C1CCC(C)CC1. The number of hydrogen-bond donors (Lipinski definition) is 1. The van der Waals surface area contributed by atoms with Gasteiger partial charge in [0.1, 0.15) is 0 Å². The molecule has 2 aliphatic rings. The molecule has 0 aromatic heterocycles. The molecule has 0 heterocycles. The van der Waals surface area contributed by atoms with Crippen LogP contribution in [0.2, 0.25) is 0 Å². The van der Waals surface area contributed by atoms with Crippen LogP contribution in [0.3, 0.4) is 0 Å². The largest absolute Gasteiger partial charge is 0.317 e. The van der Waals surface area contributed by atoms with Gasteiger partial charge in [0.25, 0.3) is 0 Å². The van der Waals surface area contributed by atoms with Crippen molar-refractivity contribution in [1.82, 2.24) is 10.2 Å². The number of nitrogens with one attached hydrogen (secondary N) is 1. The third-order valence-electron chi connectivity index (χ3n) is 6.47. The van der Waals surface area contributed by atoms with E-state index in [0.29, 0.717) is 0 Å². The Balaban J connectivity index is 1.88. The summed E-state index contributed by atoms with van der Waals surface area (Å²) < 4.78 is 0. The first-order valence-electron chi connectivity index (χ1n) is 9.38. The lowest BCUT2D eigenvalue weighted by atomic mass is 9.73. The first-order chi connectivity index (χ1) is 10.0. The highest BCUT2D eigenvalue weighted by Crippen LogP contribution is 2.35. The molecule has 0 aromatic carbocycles. The second kappa shape index (κ2) is 7.97. The highest BCUT2D eigenvalue weighted by molar-refractivity contribution is 4.88. The van der Waals surface area contributed by atoms with Crippen molar-refractivity contribution < 1.29 is 0 Å². The zero-order valence-electron chi connectivity index (χ0n) is 15.1. The van der Waals surface area contributed by atoms with Gasteiger partial charge in [0, 0.05) is 18.6 Å². The van der Waals surface area contributed by atoms with E-state index in [2.05, 4.69) is 45.1 Å². The van der Waals surface area contributed by atoms with E-state index in [1.54, 1.807) is 0 Å². The minimum atomic E-state index is 0.741. The third-order valence-corrected chi connectivity index (χ3v) is 6.47. The monoisotopic (exact) mass is 294 g/mol. The lowest BCUT2D eigenvalue weighted by Crippen LogP contribution is -2.47. The van der Waals surface area contributed by atoms with Crippen LogP contribution in [0.4, 0.5) is 0 Å². The average Bonchev–Trinajstić information content (AvgIpc) is 2.47. The molecule has 2 aliphatic carbocycles. The van der Waals surface area contributed by atoms with Gasteiger partial charge in [-0.25, -0.2) is 0 Å². The second-order valence-electron chi connectivity index (χ2n) is 8.33. The summed E-state index contributed by atoms with van der Waals surface area (Å²) in [5.41, 5.74) is 0. The molecule has 3 unspecified atom stereocenters. The van der Waals surface area contributed by atoms with Crippen molar-refractivity contribution >= 4 is 0 Å². The van der Waals surface area contributed by atoms with Crippen molar-refractivity contribution in [3.05, 3.63) is 0 Å². The lowest BCUT2D eigenvalue weighted by molar-refractivity contribution is 0.0977. The second-order valence-corrected chi connectivity index (χ2v) is 8.33. The van der Waals surface area contributed by atoms with E-state index in [-0.39, 0.29) is 0 Å². The summed E-state index contributed by atoms with van der Waals surface area (Å²) in [5.74, 6) is 3.60. The van der Waals surface area contributed by atoms with Crippen LogP contribution in [0.25, 0.3) is 0 Å². The minimum absolute atomic E-state index is 0.741. The first-order valence-corrected chi connectivity index (χ1v) is 9.38. The standard InChI is InChI=1S/C19H38N2/c1-14(2)16-8-11-19(20-4)17(12-16)13-21(5)18-9-6-15(3)7-10-18/h14-20H,6-13H2,1-5H3. The zero-order chi connectivity index (χ0) is 15.4. The molecule has 0 spiro atoms. The van der Waals surface area contributed by atoms with Gasteiger partial charge in [0.05, 0.1) is 0 Å². The van der Waals surface area contributed by atoms with Crippen LogP contribution in [-0.2, 0) is 0 Å². The summed E-state index contributed by atoms with van der Waals surface area (Å²) in [6, 6.07) is 1.59. The van der Waals surface area contributed by atoms with Crippen LogP contribution in [-0.4, -0.2) is 37.6 Å². The topological polar surface area (TPSA) is 15.3 Å². The molecule has 2 fully saturated rings. The number of hydrogen-bond acceptors (Lipinski definition) is 2. The third kappa shape index (κ3) is 4.69. The Hall–Kier alpha value is -0.0800. The average molecular weight is 295 g/mol. The van der Waals surface area contributed by atoms with E-state index in [9.17, 15) is 0 Å². The smallest absolute Gasteiger partial charge is 0.0105 e. The van der Waals surface area contributed by atoms with Crippen molar-refractivity contribution in [2.24, 2.45) is 23.7 Å². The molecule has 0 bridgehead atoms. The van der Waals surface area contributed by atoms with E-state index < -0.39 is 0 Å². The van der Waals surface area contributed by atoms with Crippen molar-refractivity contribution in [1.29, 1.82) is 0 Å². The summed E-state index contributed by atoms with van der Waals surface area (Å²) in [6.07, 6.45) is 9.93. The fourth-order valence-corrected chi connectivity index (χ4v) is 4.69. The Morgan fingerprint density at radius 1 is 1.05 bits per heavy atom. The van der Waals surface area contributed by atoms with Crippen LogP contribution in [0.5, 0.6) is 0 Å². The van der Waals surface area contributed by atoms with Crippen LogP contribution >= 0.6 is 0 Å². The molecular weight excluding hydrogens is 256 g/mol. The predicted octanol–water partition coefficient (Wildman–Crippen LogP) is 4.16. The Labute approximate surface area is 133 Å². The summed E-state index contributed by atoms with van der Waals surface area (Å²) in [4.78, 5) is 2.70. The Bertz CT molecular complexity index is 294. The van der Waals surface area contributed by atoms with Crippen molar-refractivity contribution in [2.45, 2.75) is 77.8 Å². The van der Waals surface area contributed by atoms with Crippen molar-refractivity contribution in [2.75, 3.05) is 20.6 Å². The molecule has 0 aliphatic heterocycles. The van der Waals surface area contributed by atoms with Gasteiger partial charge in [-0.15, -0.1) is 0 Å². The normalized spacial score (nSPS) is 38.1. The van der Waals surface area contributed by atoms with Gasteiger partial charge < -0.3 is 10.2 Å². The molecule has 0 aromatic rings. The molecule has 124 valence electrons.